The Morgan fingerprint density at radius 1 is 1.44 bits per heavy atom. The number of carboxylic acid groups (broad SMARTS) is 1. The predicted octanol–water partition coefficient (Wildman–Crippen LogP) is 1.94. The minimum Gasteiger partial charge on any atom is -0.489 e. The number of carboxylic acids is 1. The highest BCUT2D eigenvalue weighted by molar-refractivity contribution is 6.32. The Kier molecular flexibility index (Phi) is 4.97. The Balaban J connectivity index is 2.77. The van der Waals surface area contributed by atoms with Gasteiger partial charge in [-0.25, -0.2) is 0 Å². The fourth-order valence-electron chi connectivity index (χ4n) is 1.25. The number of hydrogen-bond donors (Lipinski definition) is 2. The van der Waals surface area contributed by atoms with E-state index in [1.807, 2.05) is 13.8 Å². The number of hydrogen-bond acceptors (Lipinski definition) is 3. The smallest absolute Gasteiger partial charge is 0.322 e. The van der Waals surface area contributed by atoms with Crippen LogP contribution in [-0.2, 0) is 4.79 Å². The van der Waals surface area contributed by atoms with E-state index in [9.17, 15) is 9.59 Å². The summed E-state index contributed by atoms with van der Waals surface area (Å²) in [6.45, 7) is 3.30. The lowest BCUT2D eigenvalue weighted by molar-refractivity contribution is -0.135. The molecule has 1 aromatic rings. The van der Waals surface area contributed by atoms with Crippen molar-refractivity contribution in [3.05, 3.63) is 28.8 Å². The molecule has 5 nitrogen and oxygen atoms in total. The number of ether oxygens (including phenoxy) is 1. The maximum atomic E-state index is 11.6. The van der Waals surface area contributed by atoms with Gasteiger partial charge in [-0.05, 0) is 32.0 Å². The summed E-state index contributed by atoms with van der Waals surface area (Å²) in [5, 5.41) is 11.0. The maximum absolute atomic E-state index is 11.6. The molecule has 0 aliphatic carbocycles. The molecule has 1 aromatic carbocycles. The number of amides is 1. The van der Waals surface area contributed by atoms with Crippen LogP contribution in [0.2, 0.25) is 5.02 Å². The Hall–Kier alpha value is -1.75. The van der Waals surface area contributed by atoms with Gasteiger partial charge in [0.05, 0.1) is 11.1 Å². The Morgan fingerprint density at radius 3 is 2.61 bits per heavy atom. The molecule has 0 aliphatic rings. The van der Waals surface area contributed by atoms with Gasteiger partial charge in [-0.15, -0.1) is 0 Å². The third-order valence-corrected chi connectivity index (χ3v) is 2.25. The van der Waals surface area contributed by atoms with Crippen LogP contribution in [0.1, 0.15) is 24.2 Å². The molecule has 0 saturated carbocycles. The lowest BCUT2D eigenvalue weighted by Crippen LogP contribution is -2.29. The van der Waals surface area contributed by atoms with Crippen molar-refractivity contribution in [2.24, 2.45) is 0 Å². The SMILES string of the molecule is CC(C)Oc1ccc(C(=O)NCC(=O)O)cc1Cl. The van der Waals surface area contributed by atoms with Crippen molar-refractivity contribution >= 4 is 23.5 Å². The Morgan fingerprint density at radius 2 is 2.11 bits per heavy atom. The monoisotopic (exact) mass is 271 g/mol. The van der Waals surface area contributed by atoms with Crippen LogP contribution < -0.4 is 10.1 Å². The molecule has 0 spiro atoms. The normalized spacial score (nSPS) is 10.2. The number of rotatable bonds is 5. The first-order valence-electron chi connectivity index (χ1n) is 5.36. The second-order valence-electron chi connectivity index (χ2n) is 3.89. The molecule has 2 N–H and O–H groups in total. The van der Waals surface area contributed by atoms with E-state index in [1.165, 1.54) is 12.1 Å². The highest BCUT2D eigenvalue weighted by Crippen LogP contribution is 2.26. The maximum Gasteiger partial charge on any atom is 0.322 e. The van der Waals surface area contributed by atoms with Gasteiger partial charge in [0.15, 0.2) is 0 Å². The third-order valence-electron chi connectivity index (χ3n) is 1.96. The molecule has 0 bridgehead atoms. The molecule has 0 saturated heterocycles. The fourth-order valence-corrected chi connectivity index (χ4v) is 1.47. The van der Waals surface area contributed by atoms with E-state index in [0.29, 0.717) is 10.8 Å². The van der Waals surface area contributed by atoms with E-state index in [2.05, 4.69) is 5.32 Å². The minimum atomic E-state index is -1.10. The third kappa shape index (κ3) is 4.25. The Bertz CT molecular complexity index is 459. The van der Waals surface area contributed by atoms with Crippen molar-refractivity contribution in [3.8, 4) is 5.75 Å². The minimum absolute atomic E-state index is 0.0193. The summed E-state index contributed by atoms with van der Waals surface area (Å²) < 4.78 is 5.42. The quantitative estimate of drug-likeness (QED) is 0.858. The number of benzene rings is 1. The highest BCUT2D eigenvalue weighted by atomic mass is 35.5. The Labute approximate surface area is 110 Å². The van der Waals surface area contributed by atoms with Gasteiger partial charge in [0, 0.05) is 5.56 Å². The summed E-state index contributed by atoms with van der Waals surface area (Å²) >= 11 is 5.96. The van der Waals surface area contributed by atoms with Gasteiger partial charge in [-0.2, -0.15) is 0 Å². The van der Waals surface area contributed by atoms with Crippen molar-refractivity contribution in [1.82, 2.24) is 5.32 Å². The lowest BCUT2D eigenvalue weighted by atomic mass is 10.2. The van der Waals surface area contributed by atoms with Crippen molar-refractivity contribution in [1.29, 1.82) is 0 Å². The topological polar surface area (TPSA) is 75.6 Å². The first-order valence-corrected chi connectivity index (χ1v) is 5.74. The zero-order valence-electron chi connectivity index (χ0n) is 10.1. The zero-order valence-corrected chi connectivity index (χ0v) is 10.8. The molecule has 1 amide bonds. The molecule has 6 heteroatoms. The summed E-state index contributed by atoms with van der Waals surface area (Å²) in [4.78, 5) is 21.9. The first-order chi connectivity index (χ1) is 8.40. The molecule has 0 fully saturated rings. The van der Waals surface area contributed by atoms with E-state index < -0.39 is 18.4 Å². The van der Waals surface area contributed by atoms with Crippen LogP contribution in [0.25, 0.3) is 0 Å². The molecule has 0 aromatic heterocycles. The van der Waals surface area contributed by atoms with Gasteiger partial charge in [0.2, 0.25) is 0 Å². The summed E-state index contributed by atoms with van der Waals surface area (Å²) in [6, 6.07) is 4.55. The average Bonchev–Trinajstić information content (AvgIpc) is 2.28. The number of nitrogens with one attached hydrogen (secondary N) is 1. The molecule has 0 heterocycles. The van der Waals surface area contributed by atoms with Gasteiger partial charge in [0.25, 0.3) is 5.91 Å². The van der Waals surface area contributed by atoms with Crippen LogP contribution in [0.15, 0.2) is 18.2 Å². The number of aliphatic carboxylic acids is 1. The summed E-state index contributed by atoms with van der Waals surface area (Å²) in [5.41, 5.74) is 0.289. The second kappa shape index (κ2) is 6.26. The molecule has 0 unspecified atom stereocenters. The molecule has 0 radical (unpaired) electrons. The lowest BCUT2D eigenvalue weighted by Gasteiger charge is -2.12. The van der Waals surface area contributed by atoms with Gasteiger partial charge in [-0.3, -0.25) is 9.59 Å². The summed E-state index contributed by atoms with van der Waals surface area (Å²) in [7, 11) is 0. The van der Waals surface area contributed by atoms with E-state index in [1.54, 1.807) is 6.07 Å². The zero-order chi connectivity index (χ0) is 13.7. The van der Waals surface area contributed by atoms with Crippen molar-refractivity contribution in [2.45, 2.75) is 20.0 Å². The predicted molar refractivity (Wildman–Crippen MR) is 67.2 cm³/mol. The van der Waals surface area contributed by atoms with E-state index in [-0.39, 0.29) is 11.7 Å². The molecular formula is C12H14ClNO4. The van der Waals surface area contributed by atoms with Gasteiger partial charge < -0.3 is 15.2 Å². The van der Waals surface area contributed by atoms with Gasteiger partial charge in [0.1, 0.15) is 12.3 Å². The van der Waals surface area contributed by atoms with E-state index in [4.69, 9.17) is 21.4 Å². The van der Waals surface area contributed by atoms with Crippen LogP contribution in [0, 0.1) is 0 Å². The van der Waals surface area contributed by atoms with Gasteiger partial charge >= 0.3 is 5.97 Å². The summed E-state index contributed by atoms with van der Waals surface area (Å²) in [6.07, 6.45) is -0.0193. The highest BCUT2D eigenvalue weighted by Gasteiger charge is 2.11. The standard InChI is InChI=1S/C12H14ClNO4/c1-7(2)18-10-4-3-8(5-9(10)13)12(17)14-6-11(15)16/h3-5,7H,6H2,1-2H3,(H,14,17)(H,15,16). The molecule has 98 valence electrons. The molecule has 1 rings (SSSR count). The van der Waals surface area contributed by atoms with Gasteiger partial charge in [-0.1, -0.05) is 11.6 Å². The van der Waals surface area contributed by atoms with Crippen LogP contribution in [-0.4, -0.2) is 29.6 Å². The fraction of sp³-hybridized carbons (Fsp3) is 0.333. The van der Waals surface area contributed by atoms with Crippen molar-refractivity contribution in [2.75, 3.05) is 6.54 Å². The molecule has 0 atom stereocenters. The van der Waals surface area contributed by atoms with Crippen LogP contribution >= 0.6 is 11.6 Å². The summed E-state index contributed by atoms with van der Waals surface area (Å²) in [5.74, 6) is -1.11. The van der Waals surface area contributed by atoms with Crippen molar-refractivity contribution < 1.29 is 19.4 Å². The van der Waals surface area contributed by atoms with E-state index >= 15 is 0 Å². The molecule has 18 heavy (non-hydrogen) atoms. The second-order valence-corrected chi connectivity index (χ2v) is 4.30. The van der Waals surface area contributed by atoms with Crippen LogP contribution in [0.5, 0.6) is 5.75 Å². The van der Waals surface area contributed by atoms with Crippen LogP contribution in [0.3, 0.4) is 0 Å². The number of carbonyl (C=O) groups is 2. The number of halogens is 1. The largest absolute Gasteiger partial charge is 0.489 e. The number of carbonyl (C=O) groups excluding carboxylic acids is 1. The van der Waals surface area contributed by atoms with Crippen LogP contribution in [0.4, 0.5) is 0 Å². The van der Waals surface area contributed by atoms with E-state index in [0.717, 1.165) is 0 Å². The average molecular weight is 272 g/mol. The first kappa shape index (κ1) is 14.3. The van der Waals surface area contributed by atoms with Crippen molar-refractivity contribution in [3.63, 3.8) is 0 Å². The molecular weight excluding hydrogens is 258 g/mol. The molecule has 0 aliphatic heterocycles.